The van der Waals surface area contributed by atoms with Gasteiger partial charge in [-0.25, -0.2) is 12.8 Å². The van der Waals surface area contributed by atoms with Crippen molar-refractivity contribution < 1.29 is 17.5 Å². The van der Waals surface area contributed by atoms with Gasteiger partial charge in [-0.2, -0.15) is 0 Å². The molecule has 1 aliphatic rings. The summed E-state index contributed by atoms with van der Waals surface area (Å²) in [7, 11) is -2.46. The minimum Gasteiger partial charge on any atom is -0.494 e. The fourth-order valence-corrected chi connectivity index (χ4v) is 5.48. The van der Waals surface area contributed by atoms with Crippen LogP contribution in [0.25, 0.3) is 0 Å². The molecule has 35 heavy (non-hydrogen) atoms. The Bertz CT molecular complexity index is 1300. The number of methoxy groups -OCH3 is 1. The highest BCUT2D eigenvalue weighted by molar-refractivity contribution is 7.92. The van der Waals surface area contributed by atoms with E-state index in [1.807, 2.05) is 6.07 Å². The Kier molecular flexibility index (Phi) is 7.20. The van der Waals surface area contributed by atoms with E-state index in [4.69, 9.17) is 4.74 Å². The molecular formula is C28H33FN2O3S. The van der Waals surface area contributed by atoms with Crippen molar-refractivity contribution in [1.29, 1.82) is 0 Å². The van der Waals surface area contributed by atoms with E-state index in [0.29, 0.717) is 0 Å². The molecule has 4 rings (SSSR count). The maximum atomic E-state index is 13.5. The van der Waals surface area contributed by atoms with Crippen molar-refractivity contribution >= 4 is 15.7 Å². The Balaban J connectivity index is 1.41. The molecule has 0 radical (unpaired) electrons. The van der Waals surface area contributed by atoms with Crippen LogP contribution in [-0.2, 0) is 34.8 Å². The number of halogens is 1. The lowest BCUT2D eigenvalue weighted by Crippen LogP contribution is -2.32. The van der Waals surface area contributed by atoms with Crippen LogP contribution in [0.15, 0.2) is 65.6 Å². The molecule has 0 saturated carbocycles. The van der Waals surface area contributed by atoms with Gasteiger partial charge in [0.25, 0.3) is 10.0 Å². The first-order valence-electron chi connectivity index (χ1n) is 11.8. The summed E-state index contributed by atoms with van der Waals surface area (Å²) >= 11 is 0. The number of hydrogen-bond acceptors (Lipinski definition) is 4. The summed E-state index contributed by atoms with van der Waals surface area (Å²) in [4.78, 5) is 2.60. The molecule has 0 aromatic heterocycles. The van der Waals surface area contributed by atoms with Gasteiger partial charge in [0.15, 0.2) is 0 Å². The van der Waals surface area contributed by atoms with E-state index >= 15 is 0 Å². The van der Waals surface area contributed by atoms with Crippen LogP contribution in [0.5, 0.6) is 5.75 Å². The number of nitrogens with one attached hydrogen (secondary N) is 1. The number of rotatable bonds is 7. The minimum atomic E-state index is -3.83. The lowest BCUT2D eigenvalue weighted by atomic mass is 9.86. The fourth-order valence-electron chi connectivity index (χ4n) is 4.36. The van der Waals surface area contributed by atoms with Crippen LogP contribution in [-0.4, -0.2) is 33.5 Å². The van der Waals surface area contributed by atoms with Crippen LogP contribution in [0.2, 0.25) is 0 Å². The van der Waals surface area contributed by atoms with Crippen LogP contribution in [0.1, 0.15) is 43.0 Å². The van der Waals surface area contributed by atoms with Crippen LogP contribution in [0, 0.1) is 5.82 Å². The molecule has 1 heterocycles. The number of fused-ring (bicyclic) bond motifs is 1. The van der Waals surface area contributed by atoms with Crippen LogP contribution in [0.3, 0.4) is 0 Å². The van der Waals surface area contributed by atoms with E-state index in [2.05, 4.69) is 54.7 Å². The van der Waals surface area contributed by atoms with E-state index in [9.17, 15) is 12.8 Å². The molecule has 5 nitrogen and oxygen atoms in total. The van der Waals surface area contributed by atoms with Gasteiger partial charge in [-0.15, -0.1) is 0 Å². The molecule has 0 saturated heterocycles. The highest BCUT2D eigenvalue weighted by Gasteiger charge is 2.22. The van der Waals surface area contributed by atoms with Gasteiger partial charge >= 0.3 is 0 Å². The molecule has 3 aromatic carbocycles. The van der Waals surface area contributed by atoms with Crippen molar-refractivity contribution in [2.75, 3.05) is 24.9 Å². The molecule has 0 spiro atoms. The Morgan fingerprint density at radius 2 is 1.74 bits per heavy atom. The van der Waals surface area contributed by atoms with Crippen molar-refractivity contribution in [1.82, 2.24) is 4.90 Å². The van der Waals surface area contributed by atoms with Crippen LogP contribution < -0.4 is 9.46 Å². The Hall–Kier alpha value is -2.90. The number of sulfonamides is 1. The molecule has 186 valence electrons. The van der Waals surface area contributed by atoms with Crippen LogP contribution >= 0.6 is 0 Å². The van der Waals surface area contributed by atoms with Gasteiger partial charge in [0.1, 0.15) is 11.6 Å². The predicted molar refractivity (Wildman–Crippen MR) is 138 cm³/mol. The van der Waals surface area contributed by atoms with Crippen molar-refractivity contribution in [3.63, 3.8) is 0 Å². The third-order valence-corrected chi connectivity index (χ3v) is 7.89. The van der Waals surface area contributed by atoms with Gasteiger partial charge in [-0.05, 0) is 64.8 Å². The quantitative estimate of drug-likeness (QED) is 0.467. The molecule has 7 heteroatoms. The molecule has 1 N–H and O–H groups in total. The molecule has 0 aliphatic carbocycles. The van der Waals surface area contributed by atoms with E-state index in [1.165, 1.54) is 30.4 Å². The SMILES string of the molecule is COc1cc(F)ccc1NS(=O)(=O)c1ccc2c(c1)CCN(CCc1ccc(C(C)(C)C)cc1)C2. The number of hydrogen-bond donors (Lipinski definition) is 1. The van der Waals surface area contributed by atoms with Crippen molar-refractivity contribution in [3.8, 4) is 5.75 Å². The second-order valence-electron chi connectivity index (χ2n) is 10.1. The maximum Gasteiger partial charge on any atom is 0.262 e. The van der Waals surface area contributed by atoms with Gasteiger partial charge < -0.3 is 4.74 Å². The van der Waals surface area contributed by atoms with Crippen LogP contribution in [0.4, 0.5) is 10.1 Å². The highest BCUT2D eigenvalue weighted by Crippen LogP contribution is 2.29. The largest absolute Gasteiger partial charge is 0.494 e. The fraction of sp³-hybridized carbons (Fsp3) is 0.357. The average Bonchev–Trinajstić information content (AvgIpc) is 2.83. The third kappa shape index (κ3) is 6.03. The number of benzene rings is 3. The first-order valence-corrected chi connectivity index (χ1v) is 13.3. The molecule has 0 atom stereocenters. The smallest absolute Gasteiger partial charge is 0.262 e. The number of ether oxygens (including phenoxy) is 1. The van der Waals surface area contributed by atoms with Gasteiger partial charge in [0.05, 0.1) is 17.7 Å². The van der Waals surface area contributed by atoms with Crippen molar-refractivity contribution in [3.05, 3.63) is 88.7 Å². The predicted octanol–water partition coefficient (Wildman–Crippen LogP) is 5.53. The molecular weight excluding hydrogens is 463 g/mol. The molecule has 0 amide bonds. The molecule has 3 aromatic rings. The Morgan fingerprint density at radius 3 is 2.43 bits per heavy atom. The summed E-state index contributed by atoms with van der Waals surface area (Å²) < 4.78 is 47.0. The average molecular weight is 497 g/mol. The van der Waals surface area contributed by atoms with E-state index in [1.54, 1.807) is 12.1 Å². The van der Waals surface area contributed by atoms with Gasteiger partial charge in [0.2, 0.25) is 0 Å². The number of anilines is 1. The van der Waals surface area contributed by atoms with E-state index < -0.39 is 15.8 Å². The summed E-state index contributed by atoms with van der Waals surface area (Å²) in [6.45, 7) is 9.31. The summed E-state index contributed by atoms with van der Waals surface area (Å²) in [6, 6.07) is 17.9. The number of nitrogens with zero attached hydrogens (tertiary/aromatic N) is 1. The minimum absolute atomic E-state index is 0.134. The molecule has 0 fully saturated rings. The lowest BCUT2D eigenvalue weighted by Gasteiger charge is -2.29. The summed E-state index contributed by atoms with van der Waals surface area (Å²) in [5.74, 6) is -0.361. The Labute approximate surface area is 208 Å². The monoisotopic (exact) mass is 496 g/mol. The zero-order valence-electron chi connectivity index (χ0n) is 20.8. The molecule has 0 bridgehead atoms. The second-order valence-corrected chi connectivity index (χ2v) is 11.8. The van der Waals surface area contributed by atoms with Gasteiger partial charge in [-0.3, -0.25) is 9.62 Å². The molecule has 0 unspecified atom stereocenters. The van der Waals surface area contributed by atoms with Crippen molar-refractivity contribution in [2.45, 2.75) is 50.5 Å². The topological polar surface area (TPSA) is 58.6 Å². The molecule has 1 aliphatic heterocycles. The maximum absolute atomic E-state index is 13.5. The van der Waals surface area contributed by atoms with E-state index in [0.717, 1.165) is 49.7 Å². The highest BCUT2D eigenvalue weighted by atomic mass is 32.2. The van der Waals surface area contributed by atoms with E-state index in [-0.39, 0.29) is 21.7 Å². The first kappa shape index (κ1) is 25.2. The summed E-state index contributed by atoms with van der Waals surface area (Å²) in [5, 5.41) is 0. The normalized spacial score (nSPS) is 14.4. The zero-order chi connectivity index (χ0) is 25.2. The van der Waals surface area contributed by atoms with Gasteiger partial charge in [0, 0.05) is 25.7 Å². The van der Waals surface area contributed by atoms with Crippen molar-refractivity contribution in [2.24, 2.45) is 0 Å². The summed E-state index contributed by atoms with van der Waals surface area (Å²) in [6.07, 6.45) is 1.77. The zero-order valence-corrected chi connectivity index (χ0v) is 21.6. The van der Waals surface area contributed by atoms with Gasteiger partial charge in [-0.1, -0.05) is 51.1 Å². The first-order chi connectivity index (χ1) is 16.5. The Morgan fingerprint density at radius 1 is 1.00 bits per heavy atom. The summed E-state index contributed by atoms with van der Waals surface area (Å²) in [5.41, 5.74) is 5.22. The third-order valence-electron chi connectivity index (χ3n) is 6.52. The second kappa shape index (κ2) is 9.99. The lowest BCUT2D eigenvalue weighted by molar-refractivity contribution is 0.257. The standard InChI is InChI=1S/C28H33FN2O3S/c1-28(2,3)23-8-5-20(6-9-23)13-15-31-16-14-21-17-25(11-7-22(21)19-31)35(32,33)30-26-12-10-24(29)18-27(26)34-4/h5-12,17-18,30H,13-16,19H2,1-4H3.